The average Bonchev–Trinajstić information content (AvgIpc) is 2.07. The molecule has 16 heavy (non-hydrogen) atoms. The van der Waals surface area contributed by atoms with E-state index in [1.165, 1.54) is 0 Å². The molecule has 0 spiro atoms. The van der Waals surface area contributed by atoms with Crippen molar-refractivity contribution < 1.29 is 14.3 Å². The summed E-state index contributed by atoms with van der Waals surface area (Å²) in [6, 6.07) is 0. The molecule has 0 bridgehead atoms. The molecule has 0 aromatic rings. The molecule has 5 heteroatoms. The van der Waals surface area contributed by atoms with E-state index >= 15 is 0 Å². The molecule has 1 amide bonds. The molecule has 0 aromatic carbocycles. The first-order chi connectivity index (χ1) is 7.26. The SMILES string of the molecule is COCCC1(N)CN(C(=O)OC(C)(C)C)C1. The lowest BCUT2D eigenvalue weighted by molar-refractivity contribution is -0.0138. The van der Waals surface area contributed by atoms with Gasteiger partial charge >= 0.3 is 6.09 Å². The van der Waals surface area contributed by atoms with Crippen LogP contribution in [0.25, 0.3) is 0 Å². The Morgan fingerprint density at radius 2 is 2.00 bits per heavy atom. The summed E-state index contributed by atoms with van der Waals surface area (Å²) in [6.07, 6.45) is 0.481. The van der Waals surface area contributed by atoms with Gasteiger partial charge in [-0.15, -0.1) is 0 Å². The standard InChI is InChI=1S/C11H22N2O3/c1-10(2,3)16-9(14)13-7-11(12,8-13)5-6-15-4/h5-8,12H2,1-4H3. The van der Waals surface area contributed by atoms with Crippen molar-refractivity contribution in [3.05, 3.63) is 0 Å². The number of hydrogen-bond acceptors (Lipinski definition) is 4. The predicted octanol–water partition coefficient (Wildman–Crippen LogP) is 0.971. The molecule has 0 atom stereocenters. The van der Waals surface area contributed by atoms with Crippen LogP contribution in [0, 0.1) is 0 Å². The molecule has 94 valence electrons. The molecule has 0 unspecified atom stereocenters. The minimum atomic E-state index is -0.448. The Hall–Kier alpha value is -0.810. The van der Waals surface area contributed by atoms with Gasteiger partial charge in [-0.05, 0) is 27.2 Å². The second kappa shape index (κ2) is 4.59. The van der Waals surface area contributed by atoms with Gasteiger partial charge in [-0.25, -0.2) is 4.79 Å². The van der Waals surface area contributed by atoms with Gasteiger partial charge in [0.05, 0.1) is 5.54 Å². The lowest BCUT2D eigenvalue weighted by Gasteiger charge is -2.47. The van der Waals surface area contributed by atoms with Gasteiger partial charge in [0.2, 0.25) is 0 Å². The van der Waals surface area contributed by atoms with Crippen molar-refractivity contribution in [1.29, 1.82) is 0 Å². The monoisotopic (exact) mass is 230 g/mol. The molecule has 0 radical (unpaired) electrons. The number of rotatable bonds is 3. The van der Waals surface area contributed by atoms with Crippen molar-refractivity contribution in [2.75, 3.05) is 26.8 Å². The van der Waals surface area contributed by atoms with Gasteiger partial charge in [-0.3, -0.25) is 0 Å². The minimum Gasteiger partial charge on any atom is -0.444 e. The largest absolute Gasteiger partial charge is 0.444 e. The number of amides is 1. The second-order valence-electron chi connectivity index (χ2n) is 5.44. The summed E-state index contributed by atoms with van der Waals surface area (Å²) in [7, 11) is 1.65. The third-order valence-electron chi connectivity index (χ3n) is 2.47. The second-order valence-corrected chi connectivity index (χ2v) is 5.44. The Balaban J connectivity index is 2.32. The van der Waals surface area contributed by atoms with Crippen LogP contribution in [-0.2, 0) is 9.47 Å². The maximum atomic E-state index is 11.6. The average molecular weight is 230 g/mol. The molecule has 1 aliphatic heterocycles. The van der Waals surface area contributed by atoms with Crippen molar-refractivity contribution in [2.45, 2.75) is 38.3 Å². The minimum absolute atomic E-state index is 0.286. The third-order valence-corrected chi connectivity index (χ3v) is 2.47. The number of nitrogens with two attached hydrogens (primary N) is 1. The first-order valence-corrected chi connectivity index (χ1v) is 5.51. The van der Waals surface area contributed by atoms with Gasteiger partial charge in [0, 0.05) is 26.8 Å². The van der Waals surface area contributed by atoms with E-state index in [4.69, 9.17) is 15.2 Å². The van der Waals surface area contributed by atoms with Crippen LogP contribution >= 0.6 is 0 Å². The van der Waals surface area contributed by atoms with E-state index in [0.717, 1.165) is 6.42 Å². The predicted molar refractivity (Wildman–Crippen MR) is 61.2 cm³/mol. The zero-order valence-electron chi connectivity index (χ0n) is 10.6. The maximum absolute atomic E-state index is 11.6. The molecule has 1 heterocycles. The van der Waals surface area contributed by atoms with Crippen molar-refractivity contribution in [2.24, 2.45) is 5.73 Å². The quantitative estimate of drug-likeness (QED) is 0.784. The summed E-state index contributed by atoms with van der Waals surface area (Å²) in [4.78, 5) is 13.2. The number of carbonyl (C=O) groups excluding carboxylic acids is 1. The van der Waals surface area contributed by atoms with Gasteiger partial charge in [0.1, 0.15) is 5.60 Å². The van der Waals surface area contributed by atoms with Crippen molar-refractivity contribution in [3.8, 4) is 0 Å². The topological polar surface area (TPSA) is 64.8 Å². The highest BCUT2D eigenvalue weighted by Crippen LogP contribution is 2.24. The van der Waals surface area contributed by atoms with Crippen LogP contribution in [0.3, 0.4) is 0 Å². The summed E-state index contributed by atoms with van der Waals surface area (Å²) in [5, 5.41) is 0. The normalized spacial score (nSPS) is 19.2. The molecule has 1 saturated heterocycles. The molecule has 0 aliphatic carbocycles. The van der Waals surface area contributed by atoms with Crippen molar-refractivity contribution in [3.63, 3.8) is 0 Å². The van der Waals surface area contributed by atoms with Crippen LogP contribution in [-0.4, -0.2) is 48.9 Å². The zero-order valence-corrected chi connectivity index (χ0v) is 10.6. The number of hydrogen-bond donors (Lipinski definition) is 1. The molecular formula is C11H22N2O3. The summed E-state index contributed by atoms with van der Waals surface area (Å²) in [6.45, 7) is 7.27. The number of nitrogens with zero attached hydrogens (tertiary/aromatic N) is 1. The highest BCUT2D eigenvalue weighted by molar-refractivity contribution is 5.69. The fraction of sp³-hybridized carbons (Fsp3) is 0.909. The fourth-order valence-corrected chi connectivity index (χ4v) is 1.63. The maximum Gasteiger partial charge on any atom is 0.410 e. The van der Waals surface area contributed by atoms with E-state index in [0.29, 0.717) is 19.7 Å². The lowest BCUT2D eigenvalue weighted by Crippen LogP contribution is -2.69. The van der Waals surface area contributed by atoms with Crippen LogP contribution in [0.2, 0.25) is 0 Å². The van der Waals surface area contributed by atoms with Crippen LogP contribution in [0.5, 0.6) is 0 Å². The molecule has 1 fully saturated rings. The zero-order chi connectivity index (χ0) is 12.4. The molecule has 2 N–H and O–H groups in total. The van der Waals surface area contributed by atoms with E-state index < -0.39 is 5.60 Å². The van der Waals surface area contributed by atoms with E-state index in [9.17, 15) is 4.79 Å². The lowest BCUT2D eigenvalue weighted by atomic mass is 9.88. The summed E-state index contributed by atoms with van der Waals surface area (Å²) in [5.41, 5.74) is 5.30. The van der Waals surface area contributed by atoms with E-state index in [1.807, 2.05) is 20.8 Å². The molecule has 0 saturated carbocycles. The van der Waals surface area contributed by atoms with Crippen LogP contribution in [0.1, 0.15) is 27.2 Å². The van der Waals surface area contributed by atoms with Gasteiger partial charge in [0.25, 0.3) is 0 Å². The summed E-state index contributed by atoms with van der Waals surface area (Å²) < 4.78 is 10.2. The van der Waals surface area contributed by atoms with Gasteiger partial charge in [0.15, 0.2) is 0 Å². The highest BCUT2D eigenvalue weighted by Gasteiger charge is 2.43. The third kappa shape index (κ3) is 3.64. The Morgan fingerprint density at radius 3 is 2.44 bits per heavy atom. The fourth-order valence-electron chi connectivity index (χ4n) is 1.63. The molecule has 5 nitrogen and oxygen atoms in total. The molecule has 1 aliphatic rings. The molecular weight excluding hydrogens is 208 g/mol. The van der Waals surface area contributed by atoms with Gasteiger partial charge < -0.3 is 20.1 Å². The first-order valence-electron chi connectivity index (χ1n) is 5.51. The van der Waals surface area contributed by atoms with Crippen molar-refractivity contribution >= 4 is 6.09 Å². The first kappa shape index (κ1) is 13.3. The van der Waals surface area contributed by atoms with E-state index in [1.54, 1.807) is 12.0 Å². The van der Waals surface area contributed by atoms with Gasteiger partial charge in [-0.2, -0.15) is 0 Å². The molecule has 0 aromatic heterocycles. The molecule has 1 rings (SSSR count). The Bertz CT molecular complexity index is 254. The van der Waals surface area contributed by atoms with Crippen LogP contribution < -0.4 is 5.73 Å². The van der Waals surface area contributed by atoms with Crippen LogP contribution in [0.15, 0.2) is 0 Å². The Labute approximate surface area is 96.9 Å². The van der Waals surface area contributed by atoms with Gasteiger partial charge in [-0.1, -0.05) is 0 Å². The van der Waals surface area contributed by atoms with Crippen molar-refractivity contribution in [1.82, 2.24) is 4.90 Å². The number of ether oxygens (including phenoxy) is 2. The van der Waals surface area contributed by atoms with E-state index in [2.05, 4.69) is 0 Å². The number of likely N-dealkylation sites (tertiary alicyclic amines) is 1. The number of carbonyl (C=O) groups is 1. The van der Waals surface area contributed by atoms with E-state index in [-0.39, 0.29) is 11.6 Å². The number of methoxy groups -OCH3 is 1. The Morgan fingerprint density at radius 1 is 1.44 bits per heavy atom. The van der Waals surface area contributed by atoms with Crippen LogP contribution in [0.4, 0.5) is 4.79 Å². The summed E-state index contributed by atoms with van der Waals surface area (Å²) in [5.74, 6) is 0. The highest BCUT2D eigenvalue weighted by atomic mass is 16.6. The smallest absolute Gasteiger partial charge is 0.410 e. The Kier molecular flexibility index (Phi) is 3.80. The summed E-state index contributed by atoms with van der Waals surface area (Å²) >= 11 is 0.